The summed E-state index contributed by atoms with van der Waals surface area (Å²) in [6.45, 7) is 13.1. The summed E-state index contributed by atoms with van der Waals surface area (Å²) < 4.78 is 65.5. The Morgan fingerprint density at radius 3 is 0.773 bits per heavy atom. The molecule has 13 heteroatoms. The first-order chi connectivity index (χ1) is 21.9. The third-order valence-electron chi connectivity index (χ3n) is 5.43. The van der Waals surface area contributed by atoms with Crippen LogP contribution in [0, 0.1) is 0 Å². The van der Waals surface area contributed by atoms with Crippen LogP contribution in [0.2, 0.25) is 0 Å². The standard InChI is InChI=1S/C31H55BrO12/c32-6-7-33-8-9-34-10-11-35-12-13-36-14-15-37-16-17-38-18-19-39-20-21-40-22-23-41-24-25-42-26-27-43-28-29-44-30-31-4-2-1-3-5-31/h1-5H,6-30H2. The summed E-state index contributed by atoms with van der Waals surface area (Å²) in [6.07, 6.45) is 0. The maximum Gasteiger partial charge on any atom is 0.0718 e. The van der Waals surface area contributed by atoms with Crippen molar-refractivity contribution in [3.8, 4) is 0 Å². The zero-order chi connectivity index (χ0) is 31.3. The van der Waals surface area contributed by atoms with E-state index < -0.39 is 0 Å². The molecule has 0 atom stereocenters. The Morgan fingerprint density at radius 2 is 0.523 bits per heavy atom. The molecular weight excluding hydrogens is 644 g/mol. The molecule has 12 nitrogen and oxygen atoms in total. The minimum Gasteiger partial charge on any atom is -0.378 e. The molecule has 0 aliphatic heterocycles. The fraction of sp³-hybridized carbons (Fsp3) is 0.806. The molecule has 0 fully saturated rings. The smallest absolute Gasteiger partial charge is 0.0718 e. The average Bonchev–Trinajstić information content (AvgIpc) is 3.05. The summed E-state index contributed by atoms with van der Waals surface area (Å²) in [5, 5.41) is 0.838. The highest BCUT2D eigenvalue weighted by Gasteiger charge is 1.97. The summed E-state index contributed by atoms with van der Waals surface area (Å²) in [5.41, 5.74) is 1.16. The van der Waals surface area contributed by atoms with E-state index >= 15 is 0 Å². The molecule has 0 aliphatic rings. The molecule has 0 spiro atoms. The Balaban J connectivity index is 1.61. The average molecular weight is 700 g/mol. The fourth-order valence-electron chi connectivity index (χ4n) is 3.24. The van der Waals surface area contributed by atoms with Gasteiger partial charge in [-0.25, -0.2) is 0 Å². The van der Waals surface area contributed by atoms with E-state index in [0.29, 0.717) is 159 Å². The molecule has 44 heavy (non-hydrogen) atoms. The molecule has 0 heterocycles. The Bertz CT molecular complexity index is 662. The Labute approximate surface area is 272 Å². The highest BCUT2D eigenvalue weighted by atomic mass is 79.9. The van der Waals surface area contributed by atoms with Crippen molar-refractivity contribution in [2.24, 2.45) is 0 Å². The summed E-state index contributed by atoms with van der Waals surface area (Å²) in [5.74, 6) is 0. The molecular formula is C31H55BrO12. The molecule has 1 aromatic carbocycles. The van der Waals surface area contributed by atoms with Crippen molar-refractivity contribution in [2.45, 2.75) is 6.61 Å². The van der Waals surface area contributed by atoms with Gasteiger partial charge in [-0.1, -0.05) is 46.3 Å². The molecule has 0 aromatic heterocycles. The number of ether oxygens (including phenoxy) is 12. The summed E-state index contributed by atoms with van der Waals surface area (Å²) in [6, 6.07) is 10.1. The maximum absolute atomic E-state index is 5.56. The van der Waals surface area contributed by atoms with E-state index in [9.17, 15) is 0 Å². The second-order valence-electron chi connectivity index (χ2n) is 8.96. The molecule has 0 bridgehead atoms. The van der Waals surface area contributed by atoms with Crippen molar-refractivity contribution in [1.29, 1.82) is 0 Å². The second kappa shape index (κ2) is 36.7. The number of alkyl halides is 1. The molecule has 0 saturated carbocycles. The molecule has 1 aromatic rings. The van der Waals surface area contributed by atoms with E-state index in [2.05, 4.69) is 15.9 Å². The molecule has 0 saturated heterocycles. The molecule has 258 valence electrons. The first kappa shape index (κ1) is 41.2. The first-order valence-corrected chi connectivity index (χ1v) is 16.6. The molecule has 0 amide bonds. The van der Waals surface area contributed by atoms with Gasteiger partial charge in [0.15, 0.2) is 0 Å². The van der Waals surface area contributed by atoms with Crippen LogP contribution >= 0.6 is 15.9 Å². The van der Waals surface area contributed by atoms with Crippen LogP contribution in [0.15, 0.2) is 30.3 Å². The van der Waals surface area contributed by atoms with Gasteiger partial charge in [0.2, 0.25) is 0 Å². The van der Waals surface area contributed by atoms with E-state index in [1.54, 1.807) is 0 Å². The van der Waals surface area contributed by atoms with Crippen molar-refractivity contribution in [3.05, 3.63) is 35.9 Å². The third-order valence-corrected chi connectivity index (χ3v) is 5.75. The van der Waals surface area contributed by atoms with E-state index in [1.807, 2.05) is 30.3 Å². The van der Waals surface area contributed by atoms with Crippen LogP contribution in [-0.2, 0) is 63.4 Å². The van der Waals surface area contributed by atoms with Gasteiger partial charge in [-0.05, 0) is 5.56 Å². The summed E-state index contributed by atoms with van der Waals surface area (Å²) >= 11 is 3.30. The topological polar surface area (TPSA) is 111 Å². The molecule has 0 radical (unpaired) electrons. The van der Waals surface area contributed by atoms with Crippen LogP contribution in [0.5, 0.6) is 0 Å². The molecule has 0 N–H and O–H groups in total. The lowest BCUT2D eigenvalue weighted by Gasteiger charge is -2.09. The Morgan fingerprint density at radius 1 is 0.295 bits per heavy atom. The van der Waals surface area contributed by atoms with Gasteiger partial charge in [-0.3, -0.25) is 0 Å². The Hall–Kier alpha value is -0.780. The van der Waals surface area contributed by atoms with Gasteiger partial charge in [0, 0.05) is 5.33 Å². The maximum atomic E-state index is 5.56. The van der Waals surface area contributed by atoms with Gasteiger partial charge in [0.25, 0.3) is 0 Å². The summed E-state index contributed by atoms with van der Waals surface area (Å²) in [4.78, 5) is 0. The third kappa shape index (κ3) is 32.6. The van der Waals surface area contributed by atoms with Crippen LogP contribution in [0.25, 0.3) is 0 Å². The largest absolute Gasteiger partial charge is 0.378 e. The minimum absolute atomic E-state index is 0.515. The van der Waals surface area contributed by atoms with Gasteiger partial charge >= 0.3 is 0 Å². The quantitative estimate of drug-likeness (QED) is 0.0753. The SMILES string of the molecule is BrCCOCCOCCOCCOCCOCCOCCOCCOCCOCCOCCOCCOCc1ccccc1. The molecule has 0 aliphatic carbocycles. The highest BCUT2D eigenvalue weighted by molar-refractivity contribution is 9.09. The lowest BCUT2D eigenvalue weighted by Crippen LogP contribution is -2.15. The van der Waals surface area contributed by atoms with Gasteiger partial charge in [0.1, 0.15) is 0 Å². The second-order valence-corrected chi connectivity index (χ2v) is 9.76. The van der Waals surface area contributed by atoms with E-state index in [4.69, 9.17) is 56.8 Å². The van der Waals surface area contributed by atoms with Crippen molar-refractivity contribution in [2.75, 3.05) is 157 Å². The molecule has 0 unspecified atom stereocenters. The summed E-state index contributed by atoms with van der Waals surface area (Å²) in [7, 11) is 0. The predicted molar refractivity (Wildman–Crippen MR) is 169 cm³/mol. The number of benzene rings is 1. The van der Waals surface area contributed by atoms with Gasteiger partial charge < -0.3 is 56.8 Å². The van der Waals surface area contributed by atoms with Gasteiger partial charge in [0.05, 0.1) is 159 Å². The minimum atomic E-state index is 0.515. The molecule has 1 rings (SSSR count). The fourth-order valence-corrected chi connectivity index (χ4v) is 3.47. The van der Waals surface area contributed by atoms with E-state index in [1.165, 1.54) is 0 Å². The van der Waals surface area contributed by atoms with E-state index in [-0.39, 0.29) is 0 Å². The monoisotopic (exact) mass is 698 g/mol. The van der Waals surface area contributed by atoms with Crippen LogP contribution in [0.3, 0.4) is 0 Å². The predicted octanol–water partition coefficient (Wildman–Crippen LogP) is 2.78. The zero-order valence-corrected chi connectivity index (χ0v) is 27.9. The number of halogens is 1. The van der Waals surface area contributed by atoms with Crippen LogP contribution in [0.4, 0.5) is 0 Å². The van der Waals surface area contributed by atoms with Gasteiger partial charge in [-0.2, -0.15) is 0 Å². The normalized spacial score (nSPS) is 11.5. The van der Waals surface area contributed by atoms with Crippen LogP contribution in [0.1, 0.15) is 5.56 Å². The number of hydrogen-bond acceptors (Lipinski definition) is 12. The van der Waals surface area contributed by atoms with Crippen molar-refractivity contribution in [3.63, 3.8) is 0 Å². The Kier molecular flexibility index (Phi) is 34.4. The zero-order valence-electron chi connectivity index (χ0n) is 26.3. The van der Waals surface area contributed by atoms with Crippen molar-refractivity contribution in [1.82, 2.24) is 0 Å². The first-order valence-electron chi connectivity index (χ1n) is 15.5. The number of rotatable bonds is 37. The van der Waals surface area contributed by atoms with Crippen LogP contribution < -0.4 is 0 Å². The van der Waals surface area contributed by atoms with Crippen molar-refractivity contribution < 1.29 is 56.8 Å². The lowest BCUT2D eigenvalue weighted by molar-refractivity contribution is -0.0284. The lowest BCUT2D eigenvalue weighted by atomic mass is 10.2. The van der Waals surface area contributed by atoms with Gasteiger partial charge in [-0.15, -0.1) is 0 Å². The van der Waals surface area contributed by atoms with Crippen LogP contribution in [-0.4, -0.2) is 157 Å². The highest BCUT2D eigenvalue weighted by Crippen LogP contribution is 2.00. The van der Waals surface area contributed by atoms with Crippen molar-refractivity contribution >= 4 is 15.9 Å². The number of hydrogen-bond donors (Lipinski definition) is 0. The van der Waals surface area contributed by atoms with E-state index in [0.717, 1.165) is 10.9 Å².